The number of anilines is 1. The minimum Gasteiger partial charge on any atom is -0.504 e. The van der Waals surface area contributed by atoms with E-state index in [1.165, 1.54) is 7.11 Å². The summed E-state index contributed by atoms with van der Waals surface area (Å²) < 4.78 is 17.7. The maximum absolute atomic E-state index is 13.7. The molecule has 2 aromatic rings. The van der Waals surface area contributed by atoms with Gasteiger partial charge in [-0.2, -0.15) is 0 Å². The fourth-order valence-corrected chi connectivity index (χ4v) is 7.39. The van der Waals surface area contributed by atoms with Crippen molar-refractivity contribution in [3.63, 3.8) is 0 Å². The van der Waals surface area contributed by atoms with Crippen molar-refractivity contribution in [3.8, 4) is 23.0 Å². The summed E-state index contributed by atoms with van der Waals surface area (Å²) in [4.78, 5) is 17.7. The predicted octanol–water partition coefficient (Wildman–Crippen LogP) is 5.25. The van der Waals surface area contributed by atoms with Crippen LogP contribution in [0, 0.1) is 11.3 Å². The number of nitrogens with one attached hydrogen (secondary N) is 2. The quantitative estimate of drug-likeness (QED) is 0.0379. The van der Waals surface area contributed by atoms with E-state index in [9.17, 15) is 15.0 Å². The van der Waals surface area contributed by atoms with Crippen molar-refractivity contribution < 1.29 is 34.3 Å². The molecule has 11 nitrogen and oxygen atoms in total. The highest BCUT2D eigenvalue weighted by Gasteiger charge is 2.42. The number of nitrogens with zero attached hydrogens (tertiary/aromatic N) is 1. The summed E-state index contributed by atoms with van der Waals surface area (Å²) in [6.07, 6.45) is 13.4. The van der Waals surface area contributed by atoms with Gasteiger partial charge in [0.1, 0.15) is 5.60 Å². The number of aryl methyl sites for hydroxylation is 1. The number of allylic oxidation sites excluding steroid dienone is 2. The third-order valence-electron chi connectivity index (χ3n) is 9.99. The zero-order valence-electron chi connectivity index (χ0n) is 29.4. The summed E-state index contributed by atoms with van der Waals surface area (Å²) in [5.74, 6) is 1.58. The molecule has 270 valence electrons. The molecular weight excluding hydrogens is 624 g/mol. The maximum Gasteiger partial charge on any atom is 0.192 e. The third-order valence-corrected chi connectivity index (χ3v) is 9.99. The number of rotatable bonds is 19. The molecule has 0 bridgehead atoms. The number of methoxy groups -OCH3 is 1. The first-order valence-corrected chi connectivity index (χ1v) is 17.6. The van der Waals surface area contributed by atoms with E-state index in [2.05, 4.69) is 15.6 Å². The van der Waals surface area contributed by atoms with Gasteiger partial charge >= 0.3 is 0 Å². The number of guanidine groups is 1. The summed E-state index contributed by atoms with van der Waals surface area (Å²) in [6, 6.07) is 9.04. The molecule has 2 aliphatic rings. The number of ether oxygens (including phenoxy) is 3. The number of nitrogens with two attached hydrogens (primary N) is 1. The average molecular weight is 681 g/mol. The van der Waals surface area contributed by atoms with Gasteiger partial charge in [-0.15, -0.1) is 0 Å². The van der Waals surface area contributed by atoms with Gasteiger partial charge in [-0.3, -0.25) is 9.79 Å². The lowest BCUT2D eigenvalue weighted by molar-refractivity contribution is -0.123. The van der Waals surface area contributed by atoms with E-state index in [1.807, 2.05) is 37.4 Å². The first kappa shape index (κ1) is 38.0. The fraction of sp³-hybridized carbons (Fsp3) is 0.579. The van der Waals surface area contributed by atoms with Gasteiger partial charge < -0.3 is 45.9 Å². The van der Waals surface area contributed by atoms with E-state index in [0.717, 1.165) is 62.5 Å². The van der Waals surface area contributed by atoms with E-state index in [0.29, 0.717) is 68.5 Å². The Balaban J connectivity index is 1.47. The molecule has 0 amide bonds. The minimum absolute atomic E-state index is 0.0265. The number of aromatic hydroxyl groups is 2. The number of hydrogen-bond donors (Lipinski definition) is 6. The maximum atomic E-state index is 13.7. The van der Waals surface area contributed by atoms with Gasteiger partial charge in [0, 0.05) is 38.8 Å². The number of carbonyl (C=O) groups excluding carboxylic acids is 1. The number of benzene rings is 2. The van der Waals surface area contributed by atoms with E-state index >= 15 is 0 Å². The molecule has 0 saturated heterocycles. The molecule has 2 saturated carbocycles. The fourth-order valence-electron chi connectivity index (χ4n) is 7.39. The van der Waals surface area contributed by atoms with Gasteiger partial charge in [-0.1, -0.05) is 25.0 Å². The largest absolute Gasteiger partial charge is 0.504 e. The summed E-state index contributed by atoms with van der Waals surface area (Å²) in [6.45, 7) is 1.96. The van der Waals surface area contributed by atoms with Gasteiger partial charge in [-0.05, 0) is 119 Å². The van der Waals surface area contributed by atoms with E-state index in [4.69, 9.17) is 25.1 Å². The zero-order valence-corrected chi connectivity index (χ0v) is 29.4. The second-order valence-electron chi connectivity index (χ2n) is 13.6. The Hall–Kier alpha value is -3.80. The third kappa shape index (κ3) is 10.4. The summed E-state index contributed by atoms with van der Waals surface area (Å²) >= 11 is 0. The Bertz CT molecular complexity index is 1440. The summed E-state index contributed by atoms with van der Waals surface area (Å²) in [5, 5.41) is 36.6. The van der Waals surface area contributed by atoms with Crippen LogP contribution in [0.2, 0.25) is 0 Å². The molecule has 49 heavy (non-hydrogen) atoms. The highest BCUT2D eigenvalue weighted by molar-refractivity contribution is 5.95. The van der Waals surface area contributed by atoms with Crippen LogP contribution in [0.3, 0.4) is 0 Å². The predicted molar refractivity (Wildman–Crippen MR) is 193 cm³/mol. The Morgan fingerprint density at radius 3 is 2.59 bits per heavy atom. The van der Waals surface area contributed by atoms with Gasteiger partial charge in [0.15, 0.2) is 34.7 Å². The number of carbonyl (C=O) groups is 1. The van der Waals surface area contributed by atoms with Gasteiger partial charge in [0.05, 0.1) is 12.8 Å². The van der Waals surface area contributed by atoms with Crippen LogP contribution < -0.4 is 25.8 Å². The highest BCUT2D eigenvalue weighted by Crippen LogP contribution is 2.45. The number of ketones is 1. The van der Waals surface area contributed by atoms with Crippen LogP contribution in [0.5, 0.6) is 23.0 Å². The number of aliphatic imine (C=N–C) groups is 1. The van der Waals surface area contributed by atoms with Crippen LogP contribution >= 0.6 is 0 Å². The highest BCUT2D eigenvalue weighted by atomic mass is 16.5. The standard InChI is InChI=1S/C38H56N4O7/c1-40-26-38(17-13-27(25-38)14-20-48-19-8-18-43)49-33-22-28(21-30(35(33)46)42-36(39)41-2)9-4-5-10-34(45)37(15-6-7-16-37)24-29-11-12-31(44)32(23-29)47-3/h5,10-12,21-23,27,40,43-44,46H,4,6-9,13-20,24-26H2,1-3H3,(H3,39,41,42)/t27-,38-/m0/s1. The van der Waals surface area contributed by atoms with Crippen molar-refractivity contribution in [2.24, 2.45) is 22.1 Å². The number of aliphatic hydroxyl groups excluding tert-OH is 1. The number of phenols is 2. The van der Waals surface area contributed by atoms with Crippen molar-refractivity contribution >= 4 is 17.4 Å². The van der Waals surface area contributed by atoms with Crippen LogP contribution in [0.15, 0.2) is 47.5 Å². The lowest BCUT2D eigenvalue weighted by Crippen LogP contribution is -2.42. The van der Waals surface area contributed by atoms with Gasteiger partial charge in [0.2, 0.25) is 0 Å². The average Bonchev–Trinajstić information content (AvgIpc) is 3.73. The Morgan fingerprint density at radius 1 is 1.10 bits per heavy atom. The number of hydrogen-bond acceptors (Lipinski definition) is 9. The molecule has 0 radical (unpaired) electrons. The Kier molecular flexibility index (Phi) is 14.2. The van der Waals surface area contributed by atoms with E-state index < -0.39 is 11.0 Å². The molecule has 2 fully saturated rings. The van der Waals surface area contributed by atoms with Crippen molar-refractivity contribution in [2.45, 2.75) is 82.7 Å². The normalized spacial score (nSPS) is 20.6. The van der Waals surface area contributed by atoms with Crippen LogP contribution in [0.25, 0.3) is 0 Å². The van der Waals surface area contributed by atoms with Crippen LogP contribution in [0.1, 0.15) is 75.3 Å². The molecule has 7 N–H and O–H groups in total. The molecule has 0 unspecified atom stereocenters. The smallest absolute Gasteiger partial charge is 0.192 e. The molecule has 2 atom stereocenters. The molecule has 0 aliphatic heterocycles. The number of likely N-dealkylation sites (N-methyl/N-ethyl adjacent to an activating group) is 1. The van der Waals surface area contributed by atoms with Gasteiger partial charge in [0.25, 0.3) is 0 Å². The molecule has 0 heterocycles. The second kappa shape index (κ2) is 18.3. The summed E-state index contributed by atoms with van der Waals surface area (Å²) in [5.41, 5.74) is 7.35. The molecule has 11 heteroatoms. The number of aliphatic hydroxyl groups is 1. The van der Waals surface area contributed by atoms with E-state index in [-0.39, 0.29) is 29.8 Å². The summed E-state index contributed by atoms with van der Waals surface area (Å²) in [7, 11) is 5.01. The monoisotopic (exact) mass is 680 g/mol. The molecule has 0 aromatic heterocycles. The van der Waals surface area contributed by atoms with Crippen molar-refractivity contribution in [3.05, 3.63) is 53.6 Å². The SMILES string of the molecule is CN=C(N)Nc1cc(CCC=CC(=O)C2(Cc3ccc(O)c(OC)c3)CCCC2)cc(O[C@@]2(CNC)CC[C@@H](CCOCCCO)C2)c1O. The zero-order chi connectivity index (χ0) is 35.3. The second-order valence-corrected chi connectivity index (χ2v) is 13.6. The van der Waals surface area contributed by atoms with E-state index in [1.54, 1.807) is 19.2 Å². The van der Waals surface area contributed by atoms with Crippen LogP contribution in [-0.2, 0) is 22.4 Å². The Labute approximate surface area is 290 Å². The lowest BCUT2D eigenvalue weighted by Gasteiger charge is -2.31. The molecule has 0 spiro atoms. The topological polar surface area (TPSA) is 168 Å². The van der Waals surface area contributed by atoms with Gasteiger partial charge in [-0.25, -0.2) is 0 Å². The van der Waals surface area contributed by atoms with Crippen molar-refractivity contribution in [1.82, 2.24) is 5.32 Å². The molecular formula is C38H56N4O7. The Morgan fingerprint density at radius 2 is 1.88 bits per heavy atom. The van der Waals surface area contributed by atoms with Crippen LogP contribution in [-0.4, -0.2) is 80.2 Å². The lowest BCUT2D eigenvalue weighted by atomic mass is 9.76. The first-order valence-electron chi connectivity index (χ1n) is 17.6. The van der Waals surface area contributed by atoms with Crippen molar-refractivity contribution in [2.75, 3.05) is 52.9 Å². The molecule has 2 aromatic carbocycles. The first-order chi connectivity index (χ1) is 23.7. The minimum atomic E-state index is -0.494. The molecule has 2 aliphatic carbocycles. The van der Waals surface area contributed by atoms with Crippen LogP contribution in [0.4, 0.5) is 5.69 Å². The van der Waals surface area contributed by atoms with Crippen molar-refractivity contribution in [1.29, 1.82) is 0 Å². The molecule has 4 rings (SSSR count). The number of phenolic OH excluding ortho intramolecular Hbond substituents is 2.